The number of carbonyl (C=O) groups is 6. The van der Waals surface area contributed by atoms with Crippen molar-refractivity contribution in [2.24, 2.45) is 38.6 Å². The van der Waals surface area contributed by atoms with E-state index in [4.69, 9.17) is 21.2 Å². The number of rotatable bonds is 17. The molecule has 1 aromatic heterocycles. The molecule has 1 aliphatic rings. The predicted molar refractivity (Wildman–Crippen MR) is 232 cm³/mol. The number of benzene rings is 1. The highest BCUT2D eigenvalue weighted by Gasteiger charge is 2.48. The number of thiazole rings is 1. The van der Waals surface area contributed by atoms with Gasteiger partial charge in [-0.05, 0) is 34.1 Å². The van der Waals surface area contributed by atoms with Crippen molar-refractivity contribution < 1.29 is 33.5 Å². The number of aliphatic imine (C=N–C) groups is 1. The zero-order valence-electron chi connectivity index (χ0n) is 37.3. The average Bonchev–Trinajstić information content (AvgIpc) is 3.83. The molecule has 1 unspecified atom stereocenters. The molecule has 5 amide bonds. The van der Waals surface area contributed by atoms with Gasteiger partial charge < -0.3 is 42.4 Å². The Labute approximate surface area is 358 Å². The minimum Gasteiger partial charge on any atom is -0.469 e. The molecule has 8 N–H and O–H groups in total. The van der Waals surface area contributed by atoms with Gasteiger partial charge in [0.15, 0.2) is 0 Å². The number of hydrogen-bond acceptors (Lipinski definition) is 11. The number of methoxy groups -OCH3 is 1. The fraction of sp³-hybridized carbons (Fsp3) is 0.628. The van der Waals surface area contributed by atoms with Crippen molar-refractivity contribution in [3.63, 3.8) is 0 Å². The van der Waals surface area contributed by atoms with Crippen LogP contribution in [0.3, 0.4) is 0 Å². The van der Waals surface area contributed by atoms with Crippen LogP contribution in [0.25, 0.3) is 0 Å². The Morgan fingerprint density at radius 2 is 1.53 bits per heavy atom. The van der Waals surface area contributed by atoms with Crippen molar-refractivity contribution in [3.05, 3.63) is 52.5 Å². The third-order valence-electron chi connectivity index (χ3n) is 10.9. The molecule has 0 aliphatic carbocycles. The molecule has 0 saturated carbocycles. The van der Waals surface area contributed by atoms with Crippen molar-refractivity contribution in [2.75, 3.05) is 20.2 Å². The summed E-state index contributed by atoms with van der Waals surface area (Å²) in [5.74, 6) is -3.94. The van der Waals surface area contributed by atoms with Crippen molar-refractivity contribution in [1.29, 1.82) is 0 Å². The largest absolute Gasteiger partial charge is 0.469 e. The molecule has 2 aromatic rings. The van der Waals surface area contributed by atoms with E-state index in [0.717, 1.165) is 5.56 Å². The molecule has 2 heterocycles. The maximum Gasteiger partial charge on any atom is 0.308 e. The van der Waals surface area contributed by atoms with E-state index in [2.05, 4.69) is 26.3 Å². The third kappa shape index (κ3) is 12.8. The van der Waals surface area contributed by atoms with Gasteiger partial charge >= 0.3 is 5.97 Å². The first kappa shape index (κ1) is 49.5. The second-order valence-electron chi connectivity index (χ2n) is 18.7. The molecule has 332 valence electrons. The number of likely N-dealkylation sites (tertiary alicyclic amines) is 1. The van der Waals surface area contributed by atoms with Crippen molar-refractivity contribution in [1.82, 2.24) is 31.2 Å². The summed E-state index contributed by atoms with van der Waals surface area (Å²) in [6.45, 7) is 20.4. The van der Waals surface area contributed by atoms with E-state index in [1.807, 2.05) is 92.6 Å². The second kappa shape index (κ2) is 20.6. The highest BCUT2D eigenvalue weighted by Crippen LogP contribution is 2.36. The first-order valence-corrected chi connectivity index (χ1v) is 21.3. The van der Waals surface area contributed by atoms with Crippen LogP contribution < -0.4 is 32.7 Å². The summed E-state index contributed by atoms with van der Waals surface area (Å²) in [4.78, 5) is 92.3. The van der Waals surface area contributed by atoms with Gasteiger partial charge in [-0.3, -0.25) is 33.8 Å². The fourth-order valence-corrected chi connectivity index (χ4v) is 7.99. The monoisotopic (exact) mass is 853 g/mol. The van der Waals surface area contributed by atoms with Gasteiger partial charge in [-0.1, -0.05) is 106 Å². The van der Waals surface area contributed by atoms with Crippen molar-refractivity contribution in [3.8, 4) is 0 Å². The summed E-state index contributed by atoms with van der Waals surface area (Å²) in [5.41, 5.74) is 11.1. The van der Waals surface area contributed by atoms with Crippen LogP contribution in [0.1, 0.15) is 112 Å². The molecule has 16 nitrogen and oxygen atoms in total. The molecule has 1 aromatic carbocycles. The van der Waals surface area contributed by atoms with E-state index in [0.29, 0.717) is 18.0 Å². The quantitative estimate of drug-likeness (QED) is 0.0772. The molecule has 1 saturated heterocycles. The van der Waals surface area contributed by atoms with Gasteiger partial charge in [-0.2, -0.15) is 0 Å². The van der Waals surface area contributed by atoms with Crippen LogP contribution in [0, 0.1) is 22.2 Å². The van der Waals surface area contributed by atoms with Crippen LogP contribution in [0.15, 0.2) is 46.9 Å². The van der Waals surface area contributed by atoms with Gasteiger partial charge in [-0.15, -0.1) is 11.3 Å². The minimum absolute atomic E-state index is 0.0320. The zero-order chi connectivity index (χ0) is 45.3. The Morgan fingerprint density at radius 3 is 2.05 bits per heavy atom. The third-order valence-corrected chi connectivity index (χ3v) is 11.8. The number of nitrogens with one attached hydrogen (secondary N) is 4. The van der Waals surface area contributed by atoms with Crippen LogP contribution in [-0.4, -0.2) is 102 Å². The summed E-state index contributed by atoms with van der Waals surface area (Å²) < 4.78 is 4.89. The van der Waals surface area contributed by atoms with Crippen molar-refractivity contribution >= 4 is 52.7 Å². The van der Waals surface area contributed by atoms with Crippen LogP contribution >= 0.6 is 11.3 Å². The van der Waals surface area contributed by atoms with Crippen LogP contribution in [0.5, 0.6) is 0 Å². The Balaban J connectivity index is 1.97. The van der Waals surface area contributed by atoms with E-state index in [-0.39, 0.29) is 30.6 Å². The minimum atomic E-state index is -1.14. The molecule has 1 fully saturated rings. The van der Waals surface area contributed by atoms with Gasteiger partial charge in [0.25, 0.3) is 0 Å². The SMILES string of the molecule is COC(=O)CC(NC(=O)[C@@H](NC(=O)[C@@H](N=C(N)[C@@H](NC(=O)[C@@H](NC(=O)[C@H]1N(C(=O)CN)CCC1(C)C)C(C)C)C(C)(C)C)C(C)(C)C)[C@@H](C)c1ccccc1)c1nccs1. The number of aromatic nitrogens is 1. The molecular weight excluding hydrogens is 787 g/mol. The van der Waals surface area contributed by atoms with Gasteiger partial charge in [0.2, 0.25) is 29.5 Å². The lowest BCUT2D eigenvalue weighted by Crippen LogP contribution is -2.61. The van der Waals surface area contributed by atoms with Gasteiger partial charge in [0, 0.05) is 24.0 Å². The topological polar surface area (TPSA) is 240 Å². The van der Waals surface area contributed by atoms with E-state index in [1.165, 1.54) is 23.3 Å². The summed E-state index contributed by atoms with van der Waals surface area (Å²) in [6, 6.07) is 3.43. The Kier molecular flexibility index (Phi) is 17.0. The number of nitrogens with two attached hydrogens (primary N) is 2. The average molecular weight is 854 g/mol. The van der Waals surface area contributed by atoms with Crippen LogP contribution in [0.4, 0.5) is 0 Å². The Hall–Kier alpha value is -4.90. The molecule has 0 spiro atoms. The number of hydrogen-bond donors (Lipinski definition) is 6. The lowest BCUT2D eigenvalue weighted by Gasteiger charge is -2.36. The van der Waals surface area contributed by atoms with E-state index in [1.54, 1.807) is 25.4 Å². The first-order chi connectivity index (χ1) is 27.8. The lowest BCUT2D eigenvalue weighted by atomic mass is 9.83. The summed E-state index contributed by atoms with van der Waals surface area (Å²) in [7, 11) is 1.26. The van der Waals surface area contributed by atoms with Crippen LogP contribution in [0.2, 0.25) is 0 Å². The Bertz CT molecular complexity index is 1840. The van der Waals surface area contributed by atoms with Gasteiger partial charge in [0.1, 0.15) is 35.0 Å². The van der Waals surface area contributed by atoms with E-state index in [9.17, 15) is 28.8 Å². The number of amides is 5. The zero-order valence-corrected chi connectivity index (χ0v) is 38.1. The summed E-state index contributed by atoms with van der Waals surface area (Å²) in [5, 5.41) is 14.0. The van der Waals surface area contributed by atoms with Crippen LogP contribution in [-0.2, 0) is 33.5 Å². The molecule has 17 heteroatoms. The molecule has 7 atom stereocenters. The Morgan fingerprint density at radius 1 is 0.917 bits per heavy atom. The lowest BCUT2D eigenvalue weighted by molar-refractivity contribution is -0.141. The summed E-state index contributed by atoms with van der Waals surface area (Å²) >= 11 is 1.27. The maximum absolute atomic E-state index is 14.5. The number of nitrogens with zero attached hydrogens (tertiary/aromatic N) is 3. The predicted octanol–water partition coefficient (Wildman–Crippen LogP) is 3.18. The molecule has 0 bridgehead atoms. The van der Waals surface area contributed by atoms with Gasteiger partial charge in [-0.25, -0.2) is 4.98 Å². The fourth-order valence-electron chi connectivity index (χ4n) is 7.30. The second-order valence-corrected chi connectivity index (χ2v) is 19.6. The van der Waals surface area contributed by atoms with E-state index >= 15 is 0 Å². The highest BCUT2D eigenvalue weighted by atomic mass is 32.1. The standard InChI is InChI=1S/C43H67N9O7S/c1-24(2)30(48-39(58)34-43(10,11)18-20-52(34)28(53)23-44)36(55)51-32(41(4,5)6)35(45)50-33(42(7,8)9)38(57)49-31(25(3)26-16-14-13-15-17-26)37(56)47-27(22-29(54)59-12)40-46-19-21-60-40/h13-17,19,21,24-25,27,30-34H,18,20,22-23,44H2,1-12H3,(H2,45,50)(H,47,56)(H,48,58)(H,49,57)(H,51,55)/t25-,27?,30-,31-,32+,33+,34+/m0/s1. The first-order valence-electron chi connectivity index (χ1n) is 20.4. The molecule has 0 radical (unpaired) electrons. The highest BCUT2D eigenvalue weighted by molar-refractivity contribution is 7.09. The van der Waals surface area contributed by atoms with E-state index < -0.39 is 88.0 Å². The maximum atomic E-state index is 14.5. The summed E-state index contributed by atoms with van der Waals surface area (Å²) in [6.07, 6.45) is 1.99. The molecule has 1 aliphatic heterocycles. The van der Waals surface area contributed by atoms with Crippen molar-refractivity contribution in [2.45, 2.75) is 131 Å². The molecular formula is C43H67N9O7S. The van der Waals surface area contributed by atoms with Gasteiger partial charge in [0.05, 0.1) is 32.2 Å². The number of esters is 1. The smallest absolute Gasteiger partial charge is 0.308 e. The molecule has 3 rings (SSSR count). The molecule has 60 heavy (non-hydrogen) atoms. The number of carbonyl (C=O) groups excluding carboxylic acids is 6. The number of amidine groups is 1. The normalized spacial score (nSPS) is 18.7. The number of ether oxygens (including phenoxy) is 1.